The Labute approximate surface area is 177 Å². The van der Waals surface area contributed by atoms with Crippen molar-refractivity contribution in [1.29, 1.82) is 0 Å². The number of pyridine rings is 1. The van der Waals surface area contributed by atoms with E-state index in [1.54, 1.807) is 7.05 Å². The lowest BCUT2D eigenvalue weighted by molar-refractivity contribution is 0.0767. The van der Waals surface area contributed by atoms with E-state index in [-0.39, 0.29) is 12.5 Å². The number of nitrogens with one attached hydrogen (secondary N) is 1. The van der Waals surface area contributed by atoms with Crippen LogP contribution in [0.4, 0.5) is 0 Å². The molecule has 3 aromatic rings. The van der Waals surface area contributed by atoms with E-state index in [1.807, 2.05) is 36.5 Å². The molecule has 1 aromatic heterocycles. The first-order chi connectivity index (χ1) is 14.7. The van der Waals surface area contributed by atoms with Gasteiger partial charge in [0.15, 0.2) is 0 Å². The number of benzene rings is 2. The van der Waals surface area contributed by atoms with Gasteiger partial charge >= 0.3 is 0 Å². The van der Waals surface area contributed by atoms with Crippen LogP contribution in [-0.4, -0.2) is 54.2 Å². The lowest BCUT2D eigenvalue weighted by atomic mass is 9.87. The van der Waals surface area contributed by atoms with Crippen molar-refractivity contribution < 1.29 is 9.90 Å². The molecule has 1 fully saturated rings. The second-order valence-corrected chi connectivity index (χ2v) is 7.64. The van der Waals surface area contributed by atoms with E-state index in [0.717, 1.165) is 48.0 Å². The van der Waals surface area contributed by atoms with Crippen LogP contribution in [-0.2, 0) is 0 Å². The third-order valence-electron chi connectivity index (χ3n) is 5.67. The average Bonchev–Trinajstić information content (AvgIpc) is 2.80. The number of para-hydroxylation sites is 1. The lowest BCUT2D eigenvalue weighted by Crippen LogP contribution is -2.29. The van der Waals surface area contributed by atoms with Crippen molar-refractivity contribution in [3.05, 3.63) is 83.1 Å². The molecule has 2 heterocycles. The normalized spacial score (nSPS) is 14.0. The molecule has 2 N–H and O–H groups in total. The molecule has 0 aliphatic carbocycles. The molecular weight excluding hydrogens is 374 g/mol. The van der Waals surface area contributed by atoms with Crippen molar-refractivity contribution in [2.45, 2.75) is 12.8 Å². The quantitative estimate of drug-likeness (QED) is 0.687. The molecule has 0 atom stereocenters. The Bertz CT molecular complexity index is 1060. The number of carbonyl (C=O) groups excluding carboxylic acids is 1. The van der Waals surface area contributed by atoms with Crippen LogP contribution in [0.1, 0.15) is 34.3 Å². The van der Waals surface area contributed by atoms with Gasteiger partial charge in [0, 0.05) is 36.3 Å². The number of likely N-dealkylation sites (N-methyl/N-ethyl adjacent to an activating group) is 1. The Balaban J connectivity index is 1.79. The molecule has 1 aliphatic rings. The van der Waals surface area contributed by atoms with Crippen LogP contribution in [0, 0.1) is 0 Å². The molecule has 0 saturated carbocycles. The number of hydrogen-bond donors (Lipinski definition) is 2. The Morgan fingerprint density at radius 2 is 1.73 bits per heavy atom. The highest BCUT2D eigenvalue weighted by atomic mass is 16.3. The van der Waals surface area contributed by atoms with Gasteiger partial charge in [-0.15, -0.1) is 0 Å². The average molecular weight is 402 g/mol. The fraction of sp³-hybridized carbons (Fsp3) is 0.280. The maximum atomic E-state index is 12.5. The predicted octanol–water partition coefficient (Wildman–Crippen LogP) is 3.48. The third-order valence-corrected chi connectivity index (χ3v) is 5.67. The molecule has 0 spiro atoms. The molecule has 1 amide bonds. The SMILES string of the molecule is CN(CCO)C(=O)c1ccc(C(=C2CCNCC2)c2cccc3cccnc23)cc1. The summed E-state index contributed by atoms with van der Waals surface area (Å²) in [7, 11) is 1.71. The van der Waals surface area contributed by atoms with E-state index < -0.39 is 0 Å². The zero-order valence-corrected chi connectivity index (χ0v) is 17.3. The van der Waals surface area contributed by atoms with E-state index in [2.05, 4.69) is 34.6 Å². The van der Waals surface area contributed by atoms with Crippen LogP contribution in [0.3, 0.4) is 0 Å². The van der Waals surface area contributed by atoms with Crippen LogP contribution in [0.2, 0.25) is 0 Å². The highest BCUT2D eigenvalue weighted by Crippen LogP contribution is 2.34. The van der Waals surface area contributed by atoms with Crippen LogP contribution in [0.5, 0.6) is 0 Å². The summed E-state index contributed by atoms with van der Waals surface area (Å²) in [6.07, 6.45) is 3.84. The number of fused-ring (bicyclic) bond motifs is 1. The molecule has 1 aliphatic heterocycles. The van der Waals surface area contributed by atoms with E-state index in [9.17, 15) is 4.79 Å². The number of aromatic nitrogens is 1. The number of aliphatic hydroxyl groups excluding tert-OH is 1. The smallest absolute Gasteiger partial charge is 0.253 e. The summed E-state index contributed by atoms with van der Waals surface area (Å²) in [5.41, 5.74) is 6.52. The van der Waals surface area contributed by atoms with Gasteiger partial charge in [0.2, 0.25) is 0 Å². The number of nitrogens with zero attached hydrogens (tertiary/aromatic N) is 2. The van der Waals surface area contributed by atoms with Crippen molar-refractivity contribution >= 4 is 22.4 Å². The Morgan fingerprint density at radius 3 is 2.47 bits per heavy atom. The maximum absolute atomic E-state index is 12.5. The number of amides is 1. The number of carbonyl (C=O) groups is 1. The van der Waals surface area contributed by atoms with Gasteiger partial charge in [0.25, 0.3) is 5.91 Å². The van der Waals surface area contributed by atoms with Crippen molar-refractivity contribution in [2.24, 2.45) is 0 Å². The highest BCUT2D eigenvalue weighted by molar-refractivity contribution is 5.98. The summed E-state index contributed by atoms with van der Waals surface area (Å²) in [6.45, 7) is 2.22. The van der Waals surface area contributed by atoms with Crippen molar-refractivity contribution in [2.75, 3.05) is 33.3 Å². The topological polar surface area (TPSA) is 65.5 Å². The van der Waals surface area contributed by atoms with Crippen LogP contribution in [0.15, 0.2) is 66.4 Å². The molecule has 2 aromatic carbocycles. The Kier molecular flexibility index (Phi) is 6.21. The zero-order valence-electron chi connectivity index (χ0n) is 17.3. The Morgan fingerprint density at radius 1 is 1.03 bits per heavy atom. The van der Waals surface area contributed by atoms with Gasteiger partial charge in [-0.3, -0.25) is 9.78 Å². The maximum Gasteiger partial charge on any atom is 0.253 e. The highest BCUT2D eigenvalue weighted by Gasteiger charge is 2.18. The standard InChI is InChI=1S/C25H27N3O2/c1-28(16-17-29)25(30)21-9-7-18(8-10-21)23(19-11-14-26-15-12-19)22-6-2-4-20-5-3-13-27-24(20)22/h2-10,13,26,29H,11-12,14-17H2,1H3. The predicted molar refractivity (Wildman–Crippen MR) is 120 cm³/mol. The summed E-state index contributed by atoms with van der Waals surface area (Å²) in [5, 5.41) is 13.7. The fourth-order valence-electron chi connectivity index (χ4n) is 4.09. The first-order valence-corrected chi connectivity index (χ1v) is 10.4. The van der Waals surface area contributed by atoms with Gasteiger partial charge in [-0.1, -0.05) is 42.0 Å². The van der Waals surface area contributed by atoms with E-state index in [0.29, 0.717) is 12.1 Å². The van der Waals surface area contributed by atoms with E-state index in [1.165, 1.54) is 16.0 Å². The fourth-order valence-corrected chi connectivity index (χ4v) is 4.09. The van der Waals surface area contributed by atoms with Crippen molar-refractivity contribution in [1.82, 2.24) is 15.2 Å². The lowest BCUT2D eigenvalue weighted by Gasteiger charge is -2.22. The van der Waals surface area contributed by atoms with Crippen LogP contribution >= 0.6 is 0 Å². The van der Waals surface area contributed by atoms with Gasteiger partial charge in [-0.2, -0.15) is 0 Å². The summed E-state index contributed by atoms with van der Waals surface area (Å²) in [4.78, 5) is 18.8. The third kappa shape index (κ3) is 4.13. The Hall–Kier alpha value is -3.02. The second kappa shape index (κ2) is 9.20. The molecular formula is C25H27N3O2. The molecule has 0 bridgehead atoms. The van der Waals surface area contributed by atoms with Crippen LogP contribution < -0.4 is 5.32 Å². The number of piperidine rings is 1. The first-order valence-electron chi connectivity index (χ1n) is 10.4. The van der Waals surface area contributed by atoms with E-state index >= 15 is 0 Å². The van der Waals surface area contributed by atoms with Gasteiger partial charge < -0.3 is 15.3 Å². The minimum atomic E-state index is -0.0847. The monoisotopic (exact) mass is 401 g/mol. The summed E-state index contributed by atoms with van der Waals surface area (Å²) in [5.74, 6) is -0.0847. The van der Waals surface area contributed by atoms with Gasteiger partial charge in [0.1, 0.15) is 0 Å². The molecule has 30 heavy (non-hydrogen) atoms. The molecule has 0 unspecified atom stereocenters. The van der Waals surface area contributed by atoms with Gasteiger partial charge in [-0.25, -0.2) is 0 Å². The largest absolute Gasteiger partial charge is 0.395 e. The van der Waals surface area contributed by atoms with Crippen LogP contribution in [0.25, 0.3) is 16.5 Å². The molecule has 4 rings (SSSR count). The minimum Gasteiger partial charge on any atom is -0.395 e. The molecule has 154 valence electrons. The molecule has 5 nitrogen and oxygen atoms in total. The summed E-state index contributed by atoms with van der Waals surface area (Å²) in [6, 6.07) is 18.2. The van der Waals surface area contributed by atoms with Gasteiger partial charge in [-0.05, 0) is 55.3 Å². The number of rotatable bonds is 5. The zero-order chi connectivity index (χ0) is 20.9. The molecule has 5 heteroatoms. The molecule has 0 radical (unpaired) electrons. The summed E-state index contributed by atoms with van der Waals surface area (Å²) >= 11 is 0. The van der Waals surface area contributed by atoms with Gasteiger partial charge in [0.05, 0.1) is 12.1 Å². The second-order valence-electron chi connectivity index (χ2n) is 7.64. The first kappa shape index (κ1) is 20.3. The van der Waals surface area contributed by atoms with E-state index in [4.69, 9.17) is 5.11 Å². The summed E-state index contributed by atoms with van der Waals surface area (Å²) < 4.78 is 0. The number of aliphatic hydroxyl groups is 1. The minimum absolute atomic E-state index is 0.0430. The molecule has 1 saturated heterocycles. The van der Waals surface area contributed by atoms with Crippen molar-refractivity contribution in [3.63, 3.8) is 0 Å². The number of hydrogen-bond acceptors (Lipinski definition) is 4. The van der Waals surface area contributed by atoms with Crippen molar-refractivity contribution in [3.8, 4) is 0 Å².